The Labute approximate surface area is 128 Å². The van der Waals surface area contributed by atoms with Crippen LogP contribution in [0.4, 0.5) is 11.4 Å². The predicted octanol–water partition coefficient (Wildman–Crippen LogP) is 1.07. The summed E-state index contributed by atoms with van der Waals surface area (Å²) in [6, 6.07) is 4.59. The van der Waals surface area contributed by atoms with Crippen LogP contribution in [0.2, 0.25) is 5.02 Å². The lowest BCUT2D eigenvalue weighted by Crippen LogP contribution is -2.43. The molecule has 2 rings (SSSR count). The molecule has 1 fully saturated rings. The molecular formula is C14H19ClN4O2. The van der Waals surface area contributed by atoms with Crippen molar-refractivity contribution < 1.29 is 9.59 Å². The molecule has 1 aromatic rings. The molecule has 4 N–H and O–H groups in total. The van der Waals surface area contributed by atoms with Crippen LogP contribution in [0.1, 0.15) is 13.3 Å². The summed E-state index contributed by atoms with van der Waals surface area (Å²) in [4.78, 5) is 25.6. The van der Waals surface area contributed by atoms with Crippen molar-refractivity contribution in [2.75, 3.05) is 30.7 Å². The quantitative estimate of drug-likeness (QED) is 0.729. The Balaban J connectivity index is 2.02. The van der Waals surface area contributed by atoms with Crippen LogP contribution >= 0.6 is 11.6 Å². The van der Waals surface area contributed by atoms with E-state index in [0.29, 0.717) is 42.5 Å². The highest BCUT2D eigenvalue weighted by Crippen LogP contribution is 2.23. The van der Waals surface area contributed by atoms with Gasteiger partial charge in [-0.3, -0.25) is 14.5 Å². The van der Waals surface area contributed by atoms with Gasteiger partial charge in [0.25, 0.3) is 0 Å². The maximum atomic E-state index is 12.3. The summed E-state index contributed by atoms with van der Waals surface area (Å²) in [5.74, 6) is -0.150. The number of nitrogens with one attached hydrogen (secondary N) is 2. The van der Waals surface area contributed by atoms with Gasteiger partial charge < -0.3 is 16.4 Å². The fourth-order valence-electron chi connectivity index (χ4n) is 2.21. The number of amides is 2. The maximum absolute atomic E-state index is 12.3. The van der Waals surface area contributed by atoms with E-state index >= 15 is 0 Å². The third kappa shape index (κ3) is 4.09. The van der Waals surface area contributed by atoms with Crippen LogP contribution in [0, 0.1) is 0 Å². The van der Waals surface area contributed by atoms with Crippen LogP contribution in [-0.2, 0) is 9.59 Å². The summed E-state index contributed by atoms with van der Waals surface area (Å²) in [5.41, 5.74) is 6.79. The number of carbonyl (C=O) groups is 2. The number of hydrogen-bond donors (Lipinski definition) is 3. The Bertz CT molecular complexity index is 550. The summed E-state index contributed by atoms with van der Waals surface area (Å²) >= 11 is 5.90. The Morgan fingerprint density at radius 3 is 3.00 bits per heavy atom. The molecule has 21 heavy (non-hydrogen) atoms. The fraction of sp³-hybridized carbons (Fsp3) is 0.429. The average Bonchev–Trinajstić information content (AvgIpc) is 2.67. The predicted molar refractivity (Wildman–Crippen MR) is 83.2 cm³/mol. The van der Waals surface area contributed by atoms with E-state index < -0.39 is 0 Å². The topological polar surface area (TPSA) is 87.5 Å². The second-order valence-electron chi connectivity index (χ2n) is 5.03. The lowest BCUT2D eigenvalue weighted by atomic mass is 10.2. The summed E-state index contributed by atoms with van der Waals surface area (Å²) in [6.07, 6.45) is 0.400. The van der Waals surface area contributed by atoms with Gasteiger partial charge in [0.15, 0.2) is 0 Å². The summed E-state index contributed by atoms with van der Waals surface area (Å²) < 4.78 is 0. The molecule has 7 heteroatoms. The van der Waals surface area contributed by atoms with E-state index in [9.17, 15) is 9.59 Å². The minimum absolute atomic E-state index is 0.0178. The minimum atomic E-state index is -0.351. The van der Waals surface area contributed by atoms with Crippen LogP contribution in [-0.4, -0.2) is 42.4 Å². The zero-order valence-electron chi connectivity index (χ0n) is 11.9. The highest BCUT2D eigenvalue weighted by atomic mass is 35.5. The molecule has 1 aromatic carbocycles. The van der Waals surface area contributed by atoms with Gasteiger partial charge in [0.05, 0.1) is 17.4 Å². The zero-order chi connectivity index (χ0) is 15.4. The van der Waals surface area contributed by atoms with Crippen molar-refractivity contribution in [3.63, 3.8) is 0 Å². The molecule has 1 atom stereocenters. The first-order valence-corrected chi connectivity index (χ1v) is 7.22. The van der Waals surface area contributed by atoms with Crippen LogP contribution in [0.5, 0.6) is 0 Å². The van der Waals surface area contributed by atoms with Gasteiger partial charge in [-0.2, -0.15) is 0 Å². The number of nitrogen functional groups attached to an aromatic ring is 1. The first-order chi connectivity index (χ1) is 9.97. The molecular weight excluding hydrogens is 292 g/mol. The number of nitrogens with zero attached hydrogens (tertiary/aromatic N) is 1. The summed E-state index contributed by atoms with van der Waals surface area (Å²) in [7, 11) is 0. The monoisotopic (exact) mass is 310 g/mol. The van der Waals surface area contributed by atoms with Crippen LogP contribution in [0.25, 0.3) is 0 Å². The number of carbonyl (C=O) groups excluding carboxylic acids is 2. The average molecular weight is 311 g/mol. The van der Waals surface area contributed by atoms with Crippen molar-refractivity contribution in [2.24, 2.45) is 0 Å². The fourth-order valence-corrected chi connectivity index (χ4v) is 2.38. The van der Waals surface area contributed by atoms with Gasteiger partial charge >= 0.3 is 0 Å². The summed E-state index contributed by atoms with van der Waals surface area (Å²) in [6.45, 7) is 3.57. The largest absolute Gasteiger partial charge is 0.397 e. The van der Waals surface area contributed by atoms with Gasteiger partial charge in [-0.15, -0.1) is 0 Å². The van der Waals surface area contributed by atoms with Crippen molar-refractivity contribution in [2.45, 2.75) is 19.4 Å². The smallest absolute Gasteiger partial charge is 0.241 e. The molecule has 1 unspecified atom stereocenters. The van der Waals surface area contributed by atoms with Crippen molar-refractivity contribution in [3.8, 4) is 0 Å². The number of halogens is 1. The van der Waals surface area contributed by atoms with E-state index in [-0.39, 0.29) is 17.9 Å². The molecule has 0 saturated carbocycles. The second kappa shape index (κ2) is 6.78. The Hall–Kier alpha value is -1.79. The molecule has 114 valence electrons. The normalized spacial score (nSPS) is 17.7. The van der Waals surface area contributed by atoms with Crippen molar-refractivity contribution in [1.82, 2.24) is 10.2 Å². The number of hydrogen-bond acceptors (Lipinski definition) is 4. The van der Waals surface area contributed by atoms with Gasteiger partial charge in [-0.05, 0) is 25.1 Å². The van der Waals surface area contributed by atoms with Gasteiger partial charge in [0, 0.05) is 31.1 Å². The van der Waals surface area contributed by atoms with Gasteiger partial charge in [-0.1, -0.05) is 11.6 Å². The standard InChI is InChI=1S/C14H19ClN4O2/c1-9(19-6-4-13(20)17-5-7-19)14(21)18-12-8-10(15)2-3-11(12)16/h2-3,8-9H,4-7,16H2,1H3,(H,17,20)(H,18,21). The molecule has 1 heterocycles. The molecule has 1 aliphatic rings. The van der Waals surface area contributed by atoms with Gasteiger partial charge in [-0.25, -0.2) is 0 Å². The van der Waals surface area contributed by atoms with E-state index in [4.69, 9.17) is 17.3 Å². The van der Waals surface area contributed by atoms with Crippen LogP contribution < -0.4 is 16.4 Å². The van der Waals surface area contributed by atoms with Gasteiger partial charge in [0.1, 0.15) is 0 Å². The number of anilines is 2. The van der Waals surface area contributed by atoms with Crippen LogP contribution in [0.15, 0.2) is 18.2 Å². The molecule has 0 aromatic heterocycles. The van der Waals surface area contributed by atoms with Crippen molar-refractivity contribution >= 4 is 34.8 Å². The summed E-state index contributed by atoms with van der Waals surface area (Å²) in [5, 5.41) is 6.08. The van der Waals surface area contributed by atoms with E-state index in [0.717, 1.165) is 0 Å². The Kier molecular flexibility index (Phi) is 5.03. The third-order valence-corrected chi connectivity index (χ3v) is 3.78. The van der Waals surface area contributed by atoms with Crippen LogP contribution in [0.3, 0.4) is 0 Å². The van der Waals surface area contributed by atoms with E-state index in [2.05, 4.69) is 10.6 Å². The number of rotatable bonds is 3. The van der Waals surface area contributed by atoms with Crippen molar-refractivity contribution in [3.05, 3.63) is 23.2 Å². The molecule has 1 saturated heterocycles. The molecule has 0 aliphatic carbocycles. The SMILES string of the molecule is CC(C(=O)Nc1cc(Cl)ccc1N)N1CCNC(=O)CC1. The number of benzene rings is 1. The second-order valence-corrected chi connectivity index (χ2v) is 5.47. The Morgan fingerprint density at radius 1 is 1.48 bits per heavy atom. The molecule has 0 bridgehead atoms. The van der Waals surface area contributed by atoms with E-state index in [1.807, 2.05) is 11.8 Å². The highest BCUT2D eigenvalue weighted by Gasteiger charge is 2.24. The molecule has 0 radical (unpaired) electrons. The zero-order valence-corrected chi connectivity index (χ0v) is 12.6. The molecule has 0 spiro atoms. The molecule has 1 aliphatic heterocycles. The van der Waals surface area contributed by atoms with E-state index in [1.165, 1.54) is 0 Å². The minimum Gasteiger partial charge on any atom is -0.397 e. The Morgan fingerprint density at radius 2 is 2.24 bits per heavy atom. The lowest BCUT2D eigenvalue weighted by Gasteiger charge is -2.26. The van der Waals surface area contributed by atoms with E-state index in [1.54, 1.807) is 18.2 Å². The lowest BCUT2D eigenvalue weighted by molar-refractivity contribution is -0.122. The molecule has 2 amide bonds. The molecule has 6 nitrogen and oxygen atoms in total. The first-order valence-electron chi connectivity index (χ1n) is 6.84. The third-order valence-electron chi connectivity index (χ3n) is 3.55. The maximum Gasteiger partial charge on any atom is 0.241 e. The highest BCUT2D eigenvalue weighted by molar-refractivity contribution is 6.31. The van der Waals surface area contributed by atoms with Crippen molar-refractivity contribution in [1.29, 1.82) is 0 Å². The van der Waals surface area contributed by atoms with Gasteiger partial charge in [0.2, 0.25) is 11.8 Å². The number of nitrogens with two attached hydrogens (primary N) is 1. The first kappa shape index (κ1) is 15.6.